The van der Waals surface area contributed by atoms with Crippen LogP contribution in [0.3, 0.4) is 0 Å². The van der Waals surface area contributed by atoms with Crippen LogP contribution in [0.15, 0.2) is 48.5 Å². The molecule has 0 aliphatic carbocycles. The van der Waals surface area contributed by atoms with Crippen LogP contribution in [0.25, 0.3) is 0 Å². The number of carbonyl (C=O) groups excluding carboxylic acids is 1. The van der Waals surface area contributed by atoms with E-state index >= 15 is 0 Å². The van der Waals surface area contributed by atoms with E-state index in [9.17, 15) is 9.59 Å². The molecule has 2 aromatic carbocycles. The zero-order chi connectivity index (χ0) is 15.2. The van der Waals surface area contributed by atoms with Crippen LogP contribution in [0, 0.1) is 6.92 Å². The summed E-state index contributed by atoms with van der Waals surface area (Å²) in [6.07, 6.45) is -0.688. The number of anilines is 1. The first-order valence-electron chi connectivity index (χ1n) is 6.38. The van der Waals surface area contributed by atoms with Crippen molar-refractivity contribution in [3.05, 3.63) is 65.2 Å². The predicted molar refractivity (Wildman–Crippen MR) is 78.4 cm³/mol. The van der Waals surface area contributed by atoms with E-state index < -0.39 is 12.1 Å². The lowest BCUT2D eigenvalue weighted by Gasteiger charge is -2.10. The van der Waals surface area contributed by atoms with Gasteiger partial charge in [-0.25, -0.2) is 9.59 Å². The normalized spacial score (nSPS) is 9.95. The molecular formula is C16H15NO4. The number of aromatic carboxylic acids is 1. The Kier molecular flexibility index (Phi) is 4.56. The summed E-state index contributed by atoms with van der Waals surface area (Å²) < 4.78 is 5.06. The highest BCUT2D eigenvalue weighted by molar-refractivity contribution is 5.98. The maximum atomic E-state index is 11.7. The van der Waals surface area contributed by atoms with E-state index in [-0.39, 0.29) is 17.9 Å². The minimum atomic E-state index is -1.10. The molecule has 0 spiro atoms. The second-order valence-electron chi connectivity index (χ2n) is 4.54. The summed E-state index contributed by atoms with van der Waals surface area (Å²) in [7, 11) is 0. The molecule has 0 aliphatic rings. The quantitative estimate of drug-likeness (QED) is 0.902. The third-order valence-corrected chi connectivity index (χ3v) is 2.85. The van der Waals surface area contributed by atoms with Gasteiger partial charge in [0, 0.05) is 0 Å². The molecule has 108 valence electrons. The first-order valence-corrected chi connectivity index (χ1v) is 6.38. The van der Waals surface area contributed by atoms with E-state index in [0.29, 0.717) is 0 Å². The molecule has 21 heavy (non-hydrogen) atoms. The first-order chi connectivity index (χ1) is 10.1. The van der Waals surface area contributed by atoms with Gasteiger partial charge in [-0.2, -0.15) is 0 Å². The maximum Gasteiger partial charge on any atom is 0.411 e. The number of aryl methyl sites for hydroxylation is 1. The zero-order valence-electron chi connectivity index (χ0n) is 11.5. The number of ether oxygens (including phenoxy) is 1. The van der Waals surface area contributed by atoms with Gasteiger partial charge in [0.2, 0.25) is 0 Å². The van der Waals surface area contributed by atoms with Crippen LogP contribution in [-0.2, 0) is 11.3 Å². The van der Waals surface area contributed by atoms with Crippen LogP contribution in [0.1, 0.15) is 21.5 Å². The number of rotatable bonds is 4. The fourth-order valence-electron chi connectivity index (χ4n) is 1.82. The van der Waals surface area contributed by atoms with Crippen LogP contribution in [-0.4, -0.2) is 17.2 Å². The number of carboxylic acid groups (broad SMARTS) is 1. The van der Waals surface area contributed by atoms with Gasteiger partial charge in [-0.05, 0) is 30.2 Å². The molecule has 0 saturated heterocycles. The molecule has 0 aliphatic heterocycles. The van der Waals surface area contributed by atoms with Gasteiger partial charge in [-0.3, -0.25) is 5.32 Å². The molecule has 0 atom stereocenters. The Morgan fingerprint density at radius 1 is 1.14 bits per heavy atom. The molecule has 0 bridgehead atoms. The topological polar surface area (TPSA) is 75.6 Å². The van der Waals surface area contributed by atoms with Crippen molar-refractivity contribution in [3.63, 3.8) is 0 Å². The SMILES string of the molecule is Cc1ccc(C(=O)O)c(NC(=O)OCc2ccccc2)c1. The Labute approximate surface area is 122 Å². The molecule has 2 rings (SSSR count). The van der Waals surface area contributed by atoms with Gasteiger partial charge in [-0.15, -0.1) is 0 Å². The van der Waals surface area contributed by atoms with Gasteiger partial charge in [0.25, 0.3) is 0 Å². The average molecular weight is 285 g/mol. The van der Waals surface area contributed by atoms with Gasteiger partial charge in [0.05, 0.1) is 11.3 Å². The molecule has 0 radical (unpaired) electrons. The average Bonchev–Trinajstić information content (AvgIpc) is 2.46. The van der Waals surface area contributed by atoms with Crippen molar-refractivity contribution in [1.82, 2.24) is 0 Å². The zero-order valence-corrected chi connectivity index (χ0v) is 11.5. The summed E-state index contributed by atoms with van der Waals surface area (Å²) in [5.74, 6) is -1.10. The first kappa shape index (κ1) is 14.6. The standard InChI is InChI=1S/C16H15NO4/c1-11-7-8-13(15(18)19)14(9-11)17-16(20)21-10-12-5-3-2-4-6-12/h2-9H,10H2,1H3,(H,17,20)(H,18,19). The summed E-state index contributed by atoms with van der Waals surface area (Å²) in [6.45, 7) is 1.94. The number of nitrogens with one attached hydrogen (secondary N) is 1. The molecule has 0 aromatic heterocycles. The Bertz CT molecular complexity index is 653. The van der Waals surface area contributed by atoms with E-state index in [1.807, 2.05) is 37.3 Å². The number of carbonyl (C=O) groups is 2. The van der Waals surface area contributed by atoms with Gasteiger partial charge in [-0.1, -0.05) is 36.4 Å². The summed E-state index contributed by atoms with van der Waals surface area (Å²) in [6, 6.07) is 13.9. The Balaban J connectivity index is 2.02. The summed E-state index contributed by atoms with van der Waals surface area (Å²) in [5.41, 5.74) is 1.95. The van der Waals surface area contributed by atoms with E-state index in [1.165, 1.54) is 6.07 Å². The van der Waals surface area contributed by atoms with Crippen LogP contribution < -0.4 is 5.32 Å². The van der Waals surface area contributed by atoms with E-state index in [4.69, 9.17) is 9.84 Å². The lowest BCUT2D eigenvalue weighted by Crippen LogP contribution is -2.16. The van der Waals surface area contributed by atoms with Crippen molar-refractivity contribution in [2.45, 2.75) is 13.5 Å². The van der Waals surface area contributed by atoms with E-state index in [0.717, 1.165) is 11.1 Å². The minimum Gasteiger partial charge on any atom is -0.478 e. The van der Waals surface area contributed by atoms with Crippen molar-refractivity contribution >= 4 is 17.7 Å². The van der Waals surface area contributed by atoms with E-state index in [2.05, 4.69) is 5.32 Å². The molecule has 5 heteroatoms. The molecule has 1 amide bonds. The van der Waals surface area contributed by atoms with Crippen molar-refractivity contribution in [2.24, 2.45) is 0 Å². The third kappa shape index (κ3) is 4.07. The molecule has 0 fully saturated rings. The highest BCUT2D eigenvalue weighted by Crippen LogP contribution is 2.18. The van der Waals surface area contributed by atoms with E-state index in [1.54, 1.807) is 12.1 Å². The number of hydrogen-bond donors (Lipinski definition) is 2. The second-order valence-corrected chi connectivity index (χ2v) is 4.54. The second kappa shape index (κ2) is 6.56. The van der Waals surface area contributed by atoms with Gasteiger partial charge in [0.1, 0.15) is 6.61 Å². The molecule has 2 aromatic rings. The summed E-state index contributed by atoms with van der Waals surface area (Å²) in [5, 5.41) is 11.5. The van der Waals surface area contributed by atoms with Crippen molar-refractivity contribution in [2.75, 3.05) is 5.32 Å². The van der Waals surface area contributed by atoms with Crippen molar-refractivity contribution in [1.29, 1.82) is 0 Å². The molecule has 5 nitrogen and oxygen atoms in total. The molecule has 0 heterocycles. The van der Waals surface area contributed by atoms with Gasteiger partial charge >= 0.3 is 12.1 Å². The van der Waals surface area contributed by atoms with Crippen molar-refractivity contribution < 1.29 is 19.4 Å². The number of hydrogen-bond acceptors (Lipinski definition) is 3. The Morgan fingerprint density at radius 3 is 2.52 bits per heavy atom. The molecule has 0 saturated carbocycles. The molecule has 0 unspecified atom stereocenters. The van der Waals surface area contributed by atoms with Crippen LogP contribution in [0.2, 0.25) is 0 Å². The highest BCUT2D eigenvalue weighted by atomic mass is 16.5. The van der Waals surface area contributed by atoms with Crippen LogP contribution in [0.4, 0.5) is 10.5 Å². The lowest BCUT2D eigenvalue weighted by molar-refractivity contribution is 0.0698. The lowest BCUT2D eigenvalue weighted by atomic mass is 10.1. The fraction of sp³-hybridized carbons (Fsp3) is 0.125. The third-order valence-electron chi connectivity index (χ3n) is 2.85. The number of carboxylic acids is 1. The smallest absolute Gasteiger partial charge is 0.411 e. The fourth-order valence-corrected chi connectivity index (χ4v) is 1.82. The Morgan fingerprint density at radius 2 is 1.86 bits per heavy atom. The Hall–Kier alpha value is -2.82. The predicted octanol–water partition coefficient (Wildman–Crippen LogP) is 3.44. The van der Waals surface area contributed by atoms with Crippen LogP contribution in [0.5, 0.6) is 0 Å². The monoisotopic (exact) mass is 285 g/mol. The van der Waals surface area contributed by atoms with Gasteiger partial charge in [0.15, 0.2) is 0 Å². The summed E-state index contributed by atoms with van der Waals surface area (Å²) in [4.78, 5) is 22.8. The molecule has 2 N–H and O–H groups in total. The minimum absolute atomic E-state index is 0.0252. The number of benzene rings is 2. The molecular weight excluding hydrogens is 270 g/mol. The maximum absolute atomic E-state index is 11.7. The highest BCUT2D eigenvalue weighted by Gasteiger charge is 2.13. The summed E-state index contributed by atoms with van der Waals surface area (Å²) >= 11 is 0. The van der Waals surface area contributed by atoms with Crippen LogP contribution >= 0.6 is 0 Å². The van der Waals surface area contributed by atoms with Gasteiger partial charge < -0.3 is 9.84 Å². The number of amides is 1. The van der Waals surface area contributed by atoms with Crippen molar-refractivity contribution in [3.8, 4) is 0 Å². The largest absolute Gasteiger partial charge is 0.478 e.